The highest BCUT2D eigenvalue weighted by molar-refractivity contribution is 7.98. The molecule has 0 saturated carbocycles. The molecule has 0 aromatic carbocycles. The van der Waals surface area contributed by atoms with Gasteiger partial charge in [0, 0.05) is 6.04 Å². The average Bonchev–Trinajstić information content (AvgIpc) is 3.24. The zero-order valence-electron chi connectivity index (χ0n) is 12.5. The van der Waals surface area contributed by atoms with Crippen molar-refractivity contribution in [2.45, 2.75) is 30.9 Å². The molecule has 0 unspecified atom stereocenters. The van der Waals surface area contributed by atoms with E-state index in [0.29, 0.717) is 5.88 Å². The second kappa shape index (κ2) is 6.50. The zero-order chi connectivity index (χ0) is 16.4. The van der Waals surface area contributed by atoms with Crippen molar-refractivity contribution in [3.05, 3.63) is 40.0 Å². The summed E-state index contributed by atoms with van der Waals surface area (Å²) < 4.78 is 3.58. The minimum Gasteiger partial charge on any atom is -0.299 e. The van der Waals surface area contributed by atoms with Crippen molar-refractivity contribution in [3.8, 4) is 10.7 Å². The number of hydrogen-bond donors (Lipinski definition) is 0. The monoisotopic (exact) mass is 350 g/mol. The Hall–Kier alpha value is -2.20. The Morgan fingerprint density at radius 1 is 1.43 bits per heavy atom. The summed E-state index contributed by atoms with van der Waals surface area (Å²) in [6.07, 6.45) is 2.65. The molecule has 120 valence electrons. The fourth-order valence-electron chi connectivity index (χ4n) is 2.06. The summed E-state index contributed by atoms with van der Waals surface area (Å²) in [6, 6.07) is 4.20. The van der Waals surface area contributed by atoms with E-state index in [0.717, 1.165) is 15.9 Å². The number of thiophene rings is 1. The van der Waals surface area contributed by atoms with Crippen LogP contribution in [-0.2, 0) is 5.88 Å². The molecule has 23 heavy (non-hydrogen) atoms. The van der Waals surface area contributed by atoms with Gasteiger partial charge in [-0.15, -0.1) is 21.5 Å². The van der Waals surface area contributed by atoms with Crippen LogP contribution in [0.5, 0.6) is 0 Å². The second-order valence-corrected chi connectivity index (χ2v) is 6.88. The van der Waals surface area contributed by atoms with Crippen molar-refractivity contribution in [2.75, 3.05) is 0 Å². The Morgan fingerprint density at radius 3 is 2.87 bits per heavy atom. The van der Waals surface area contributed by atoms with Crippen LogP contribution in [0.3, 0.4) is 0 Å². The third-order valence-electron chi connectivity index (χ3n) is 3.08. The molecule has 3 rings (SSSR count). The SMILES string of the molecule is CC(C)n1c(SCn2cc([N+](=O)[O-])cn2)nnc1-c1cccs1. The molecule has 0 N–H and O–H groups in total. The molecular formula is C13H14N6O2S2. The summed E-state index contributed by atoms with van der Waals surface area (Å²) in [5.41, 5.74) is -0.0183. The summed E-state index contributed by atoms with van der Waals surface area (Å²) in [6.45, 7) is 4.15. The fourth-order valence-corrected chi connectivity index (χ4v) is 3.69. The molecule has 0 fully saturated rings. The van der Waals surface area contributed by atoms with Crippen LogP contribution in [0.1, 0.15) is 19.9 Å². The number of nitro groups is 1. The lowest BCUT2D eigenvalue weighted by molar-refractivity contribution is -0.385. The van der Waals surface area contributed by atoms with Crippen LogP contribution < -0.4 is 0 Å². The highest BCUT2D eigenvalue weighted by Crippen LogP contribution is 2.30. The molecule has 10 heteroatoms. The number of rotatable bonds is 6. The van der Waals surface area contributed by atoms with Crippen LogP contribution in [0.2, 0.25) is 0 Å². The Bertz CT molecular complexity index is 808. The number of nitrogens with zero attached hydrogens (tertiary/aromatic N) is 6. The van der Waals surface area contributed by atoms with E-state index in [9.17, 15) is 10.1 Å². The molecule has 0 spiro atoms. The molecule has 8 nitrogen and oxygen atoms in total. The maximum atomic E-state index is 10.7. The summed E-state index contributed by atoms with van der Waals surface area (Å²) >= 11 is 3.06. The first kappa shape index (κ1) is 15.7. The third-order valence-corrected chi connectivity index (χ3v) is 4.87. The fraction of sp³-hybridized carbons (Fsp3) is 0.308. The van der Waals surface area contributed by atoms with Gasteiger partial charge in [-0.25, -0.2) is 0 Å². The molecule has 0 amide bonds. The van der Waals surface area contributed by atoms with Crippen molar-refractivity contribution in [3.63, 3.8) is 0 Å². The summed E-state index contributed by atoms with van der Waals surface area (Å²) in [4.78, 5) is 11.3. The highest BCUT2D eigenvalue weighted by atomic mass is 32.2. The van der Waals surface area contributed by atoms with Gasteiger partial charge in [0.1, 0.15) is 12.4 Å². The molecule has 3 aromatic heterocycles. The maximum Gasteiger partial charge on any atom is 0.307 e. The standard InChI is InChI=1S/C13H14N6O2S2/c1-9(2)18-12(11-4-3-5-22-11)15-16-13(18)23-8-17-7-10(6-14-17)19(20)21/h3-7,9H,8H2,1-2H3. The van der Waals surface area contributed by atoms with Crippen molar-refractivity contribution in [2.24, 2.45) is 0 Å². The van der Waals surface area contributed by atoms with Crippen molar-refractivity contribution in [1.82, 2.24) is 24.5 Å². The summed E-state index contributed by atoms with van der Waals surface area (Å²) in [5, 5.41) is 26.0. The van der Waals surface area contributed by atoms with Gasteiger partial charge >= 0.3 is 5.69 Å². The number of thioether (sulfide) groups is 1. The lowest BCUT2D eigenvalue weighted by atomic mass is 10.3. The Kier molecular flexibility index (Phi) is 4.44. The molecule has 0 aliphatic heterocycles. The van der Waals surface area contributed by atoms with Crippen LogP contribution in [0.15, 0.2) is 35.1 Å². The van der Waals surface area contributed by atoms with Gasteiger partial charge in [0.2, 0.25) is 0 Å². The molecular weight excluding hydrogens is 336 g/mol. The van der Waals surface area contributed by atoms with Gasteiger partial charge in [-0.05, 0) is 25.3 Å². The van der Waals surface area contributed by atoms with E-state index < -0.39 is 4.92 Å². The smallest absolute Gasteiger partial charge is 0.299 e. The molecule has 0 atom stereocenters. The van der Waals surface area contributed by atoms with E-state index in [1.165, 1.54) is 28.8 Å². The average molecular weight is 350 g/mol. The van der Waals surface area contributed by atoms with Crippen LogP contribution in [0.25, 0.3) is 10.7 Å². The summed E-state index contributed by atoms with van der Waals surface area (Å²) in [7, 11) is 0. The highest BCUT2D eigenvalue weighted by Gasteiger charge is 2.18. The zero-order valence-corrected chi connectivity index (χ0v) is 14.1. The Labute approximate surface area is 140 Å². The first-order chi connectivity index (χ1) is 11.1. The summed E-state index contributed by atoms with van der Waals surface area (Å²) in [5.74, 6) is 1.27. The van der Waals surface area contributed by atoms with Gasteiger partial charge in [0.05, 0.1) is 15.7 Å². The first-order valence-electron chi connectivity index (χ1n) is 6.84. The van der Waals surface area contributed by atoms with Gasteiger partial charge < -0.3 is 0 Å². The van der Waals surface area contributed by atoms with E-state index in [1.54, 1.807) is 11.3 Å². The quantitative estimate of drug-likeness (QED) is 0.384. The number of aromatic nitrogens is 5. The van der Waals surface area contributed by atoms with E-state index >= 15 is 0 Å². The predicted octanol–water partition coefficient (Wildman–Crippen LogP) is 3.44. The third kappa shape index (κ3) is 3.27. The maximum absolute atomic E-state index is 10.7. The van der Waals surface area contributed by atoms with E-state index in [-0.39, 0.29) is 11.7 Å². The van der Waals surface area contributed by atoms with E-state index in [2.05, 4.69) is 33.7 Å². The minimum atomic E-state index is -0.459. The van der Waals surface area contributed by atoms with Gasteiger partial charge in [0.25, 0.3) is 0 Å². The topological polar surface area (TPSA) is 91.7 Å². The van der Waals surface area contributed by atoms with Crippen molar-refractivity contribution in [1.29, 1.82) is 0 Å². The first-order valence-corrected chi connectivity index (χ1v) is 8.71. The number of hydrogen-bond acceptors (Lipinski definition) is 7. The molecule has 0 aliphatic carbocycles. The molecule has 3 aromatic rings. The van der Waals surface area contributed by atoms with E-state index in [4.69, 9.17) is 0 Å². The molecule has 0 bridgehead atoms. The Balaban J connectivity index is 1.81. The van der Waals surface area contributed by atoms with Gasteiger partial charge in [0.15, 0.2) is 11.0 Å². The molecule has 3 heterocycles. The molecule has 0 radical (unpaired) electrons. The van der Waals surface area contributed by atoms with Crippen LogP contribution in [0.4, 0.5) is 5.69 Å². The van der Waals surface area contributed by atoms with Gasteiger partial charge in [-0.3, -0.25) is 19.4 Å². The molecule has 0 saturated heterocycles. The van der Waals surface area contributed by atoms with E-state index in [1.807, 2.05) is 17.5 Å². The second-order valence-electron chi connectivity index (χ2n) is 5.02. The van der Waals surface area contributed by atoms with Crippen LogP contribution in [-0.4, -0.2) is 29.5 Å². The van der Waals surface area contributed by atoms with Crippen LogP contribution in [0, 0.1) is 10.1 Å². The van der Waals surface area contributed by atoms with Gasteiger partial charge in [-0.2, -0.15) is 5.10 Å². The van der Waals surface area contributed by atoms with Crippen LogP contribution >= 0.6 is 23.1 Å². The lowest BCUT2D eigenvalue weighted by Gasteiger charge is -2.12. The van der Waals surface area contributed by atoms with Crippen molar-refractivity contribution >= 4 is 28.8 Å². The normalized spacial score (nSPS) is 11.3. The van der Waals surface area contributed by atoms with Crippen molar-refractivity contribution < 1.29 is 4.92 Å². The van der Waals surface area contributed by atoms with Gasteiger partial charge in [-0.1, -0.05) is 17.8 Å². The largest absolute Gasteiger partial charge is 0.307 e. The minimum absolute atomic E-state index is 0.0183. The predicted molar refractivity (Wildman–Crippen MR) is 88.5 cm³/mol. The Morgan fingerprint density at radius 2 is 2.26 bits per heavy atom. The molecule has 0 aliphatic rings. The lowest BCUT2D eigenvalue weighted by Crippen LogP contribution is -2.05.